The van der Waals surface area contributed by atoms with Gasteiger partial charge < -0.3 is 31.6 Å². The number of carboxylic acid groups (broad SMARTS) is 1. The fourth-order valence-electron chi connectivity index (χ4n) is 3.74. The molecule has 0 bridgehead atoms. The lowest BCUT2D eigenvalue weighted by Crippen LogP contribution is -2.59. The Hall–Kier alpha value is -2.10. The topological polar surface area (TPSA) is 148 Å². The van der Waals surface area contributed by atoms with Crippen molar-refractivity contribution in [3.63, 3.8) is 0 Å². The summed E-state index contributed by atoms with van der Waals surface area (Å²) in [5.74, 6) is -1.85. The quantitative estimate of drug-likeness (QED) is 0.463. The highest BCUT2D eigenvalue weighted by molar-refractivity contribution is 6.47. The van der Waals surface area contributed by atoms with Gasteiger partial charge in [0.15, 0.2) is 0 Å². The number of carbonyl (C=O) groups is 2. The summed E-state index contributed by atoms with van der Waals surface area (Å²) in [6.07, 6.45) is 2.05. The lowest BCUT2D eigenvalue weighted by atomic mass is 9.69. The highest BCUT2D eigenvalue weighted by Crippen LogP contribution is 2.36. The largest absolute Gasteiger partial charge is 0.547 e. The molecule has 1 unspecified atom stereocenters. The van der Waals surface area contributed by atoms with E-state index in [0.29, 0.717) is 24.8 Å². The zero-order valence-electron chi connectivity index (χ0n) is 14.6. The van der Waals surface area contributed by atoms with Crippen LogP contribution in [-0.4, -0.2) is 47.2 Å². The van der Waals surface area contributed by atoms with E-state index in [-0.39, 0.29) is 35.7 Å². The number of benzene rings is 1. The van der Waals surface area contributed by atoms with Crippen molar-refractivity contribution in [3.8, 4) is 5.75 Å². The van der Waals surface area contributed by atoms with Gasteiger partial charge in [-0.2, -0.15) is 0 Å². The number of rotatable bonds is 3. The third kappa shape index (κ3) is 3.42. The van der Waals surface area contributed by atoms with Gasteiger partial charge >= 0.3 is 13.1 Å². The molecule has 0 radical (unpaired) electrons. The molecule has 1 amide bonds. The van der Waals surface area contributed by atoms with Crippen LogP contribution in [0, 0.1) is 5.41 Å². The fourth-order valence-corrected chi connectivity index (χ4v) is 3.74. The lowest BCUT2D eigenvalue weighted by Gasteiger charge is -2.40. The summed E-state index contributed by atoms with van der Waals surface area (Å²) in [4.78, 5) is 24.1. The first-order chi connectivity index (χ1) is 12.2. The first kappa shape index (κ1) is 18.7. The molecule has 2 aliphatic rings. The van der Waals surface area contributed by atoms with E-state index in [1.54, 1.807) is 12.1 Å². The third-order valence-electron chi connectivity index (χ3n) is 5.48. The second kappa shape index (κ2) is 6.90. The molecule has 1 aliphatic carbocycles. The summed E-state index contributed by atoms with van der Waals surface area (Å²) >= 11 is 0. The van der Waals surface area contributed by atoms with Crippen molar-refractivity contribution < 1.29 is 24.4 Å². The number of nitrogens with one attached hydrogen (secondary N) is 1. The molecule has 0 aromatic heterocycles. The zero-order chi connectivity index (χ0) is 19.1. The van der Waals surface area contributed by atoms with Gasteiger partial charge in [0.1, 0.15) is 5.75 Å². The normalized spacial score (nSPS) is 30.9. The second-order valence-electron chi connectivity index (χ2n) is 7.52. The SMILES string of the molecule is CC1(C(=O)N[C@H]2Cc3cccc(C(=O)O)c3OB2O)CC[C@@H](N)[C@H](N)C1. The van der Waals surface area contributed by atoms with Crippen molar-refractivity contribution in [1.82, 2.24) is 5.32 Å². The Labute approximate surface area is 152 Å². The summed E-state index contributed by atoms with van der Waals surface area (Å²) in [5, 5.41) is 22.4. The lowest BCUT2D eigenvalue weighted by molar-refractivity contribution is -0.132. The Bertz CT molecular complexity index is 730. The number of hydrogen-bond donors (Lipinski definition) is 5. The molecule has 3 rings (SSSR count). The Morgan fingerprint density at radius 1 is 1.35 bits per heavy atom. The van der Waals surface area contributed by atoms with Crippen LogP contribution < -0.4 is 21.4 Å². The number of amides is 1. The van der Waals surface area contributed by atoms with Crippen molar-refractivity contribution in [3.05, 3.63) is 29.3 Å². The van der Waals surface area contributed by atoms with E-state index >= 15 is 0 Å². The highest BCUT2D eigenvalue weighted by atomic mass is 16.5. The van der Waals surface area contributed by atoms with Crippen LogP contribution in [0.25, 0.3) is 0 Å². The van der Waals surface area contributed by atoms with Gasteiger partial charge in [0.2, 0.25) is 5.91 Å². The van der Waals surface area contributed by atoms with Gasteiger partial charge in [-0.15, -0.1) is 0 Å². The summed E-state index contributed by atoms with van der Waals surface area (Å²) < 4.78 is 5.41. The van der Waals surface area contributed by atoms with Crippen molar-refractivity contribution >= 4 is 19.0 Å². The summed E-state index contributed by atoms with van der Waals surface area (Å²) in [5.41, 5.74) is 11.9. The summed E-state index contributed by atoms with van der Waals surface area (Å²) in [7, 11) is -1.32. The minimum absolute atomic E-state index is 0.00877. The molecule has 1 fully saturated rings. The van der Waals surface area contributed by atoms with Crippen LogP contribution in [0.15, 0.2) is 18.2 Å². The van der Waals surface area contributed by atoms with E-state index in [9.17, 15) is 19.7 Å². The van der Waals surface area contributed by atoms with Crippen LogP contribution in [0.5, 0.6) is 5.75 Å². The molecule has 140 valence electrons. The second-order valence-corrected chi connectivity index (χ2v) is 7.52. The Balaban J connectivity index is 1.74. The van der Waals surface area contributed by atoms with Gasteiger partial charge in [0, 0.05) is 17.5 Å². The number of para-hydroxylation sites is 1. The number of aromatic carboxylic acids is 1. The van der Waals surface area contributed by atoms with Crippen molar-refractivity contribution in [2.75, 3.05) is 0 Å². The third-order valence-corrected chi connectivity index (χ3v) is 5.48. The number of carbonyl (C=O) groups excluding carboxylic acids is 1. The molecule has 1 aromatic carbocycles. The minimum Gasteiger partial charge on any atom is -0.534 e. The van der Waals surface area contributed by atoms with Gasteiger partial charge in [-0.25, -0.2) is 4.79 Å². The molecule has 1 heterocycles. The summed E-state index contributed by atoms with van der Waals surface area (Å²) in [6, 6.07) is 4.40. The van der Waals surface area contributed by atoms with Crippen molar-refractivity contribution in [2.45, 2.75) is 50.6 Å². The highest BCUT2D eigenvalue weighted by Gasteiger charge is 2.44. The van der Waals surface area contributed by atoms with E-state index in [2.05, 4.69) is 5.32 Å². The smallest absolute Gasteiger partial charge is 0.534 e. The van der Waals surface area contributed by atoms with Gasteiger partial charge in [-0.1, -0.05) is 19.1 Å². The predicted molar refractivity (Wildman–Crippen MR) is 95.5 cm³/mol. The molecule has 0 spiro atoms. The maximum atomic E-state index is 12.8. The maximum absolute atomic E-state index is 12.8. The molecule has 9 heteroatoms. The van der Waals surface area contributed by atoms with Crippen LogP contribution >= 0.6 is 0 Å². The van der Waals surface area contributed by atoms with Gasteiger partial charge in [0.05, 0.1) is 11.5 Å². The molecule has 1 aromatic rings. The molecule has 0 saturated heterocycles. The van der Waals surface area contributed by atoms with Crippen LogP contribution in [-0.2, 0) is 11.2 Å². The van der Waals surface area contributed by atoms with E-state index in [1.807, 2.05) is 6.92 Å². The summed E-state index contributed by atoms with van der Waals surface area (Å²) in [6.45, 7) is 1.85. The molecule has 8 nitrogen and oxygen atoms in total. The standard InChI is InChI=1S/C17H24BN3O5/c1-17(6-5-11(19)12(20)8-17)16(24)21-13-7-9-3-2-4-10(15(22)23)14(9)26-18(13)25/h2-4,11-13,25H,5-8,19-20H2,1H3,(H,21,24)(H,22,23)/t11-,12-,13+,17?/m1/s1. The molecule has 7 N–H and O–H groups in total. The number of fused-ring (bicyclic) bond motifs is 1. The van der Waals surface area contributed by atoms with Crippen LogP contribution in [0.4, 0.5) is 0 Å². The molecule has 1 aliphatic heterocycles. The number of carboxylic acids is 1. The first-order valence-corrected chi connectivity index (χ1v) is 8.73. The predicted octanol–water partition coefficient (Wildman–Crippen LogP) is -0.331. The van der Waals surface area contributed by atoms with E-state index in [0.717, 1.165) is 0 Å². The zero-order valence-corrected chi connectivity index (χ0v) is 14.6. The van der Waals surface area contributed by atoms with Gasteiger partial charge in [-0.05, 0) is 37.3 Å². The van der Waals surface area contributed by atoms with Crippen molar-refractivity contribution in [2.24, 2.45) is 16.9 Å². The van der Waals surface area contributed by atoms with Gasteiger partial charge in [0.25, 0.3) is 0 Å². The first-order valence-electron chi connectivity index (χ1n) is 8.73. The minimum atomic E-state index is -1.32. The monoisotopic (exact) mass is 361 g/mol. The van der Waals surface area contributed by atoms with Crippen LogP contribution in [0.1, 0.15) is 42.1 Å². The van der Waals surface area contributed by atoms with E-state index in [4.69, 9.17) is 16.1 Å². The molecular formula is C17H24BN3O5. The Morgan fingerprint density at radius 2 is 2.08 bits per heavy atom. The van der Waals surface area contributed by atoms with Crippen LogP contribution in [0.2, 0.25) is 0 Å². The van der Waals surface area contributed by atoms with E-state index < -0.39 is 24.4 Å². The number of hydrogen-bond acceptors (Lipinski definition) is 6. The van der Waals surface area contributed by atoms with Gasteiger partial charge in [-0.3, -0.25) is 4.79 Å². The Morgan fingerprint density at radius 3 is 2.73 bits per heavy atom. The van der Waals surface area contributed by atoms with Crippen LogP contribution in [0.3, 0.4) is 0 Å². The molecule has 1 saturated carbocycles. The average molecular weight is 361 g/mol. The molecule has 26 heavy (non-hydrogen) atoms. The van der Waals surface area contributed by atoms with E-state index in [1.165, 1.54) is 6.07 Å². The van der Waals surface area contributed by atoms with Crippen molar-refractivity contribution in [1.29, 1.82) is 0 Å². The Kier molecular flexibility index (Phi) is 4.96. The maximum Gasteiger partial charge on any atom is 0.547 e. The number of nitrogens with two attached hydrogens (primary N) is 2. The average Bonchev–Trinajstić information content (AvgIpc) is 2.58. The molecular weight excluding hydrogens is 337 g/mol. The fraction of sp³-hybridized carbons (Fsp3) is 0.529. The molecule has 4 atom stereocenters.